The topological polar surface area (TPSA) is 20.2 Å². The summed E-state index contributed by atoms with van der Waals surface area (Å²) in [6, 6.07) is 24.0. The molecule has 0 heterocycles. The minimum atomic E-state index is 0.320. The van der Waals surface area contributed by atoms with Crippen molar-refractivity contribution in [2.75, 3.05) is 0 Å². The Bertz CT molecular complexity index is 730. The summed E-state index contributed by atoms with van der Waals surface area (Å²) >= 11 is 0. The summed E-state index contributed by atoms with van der Waals surface area (Å²) in [4.78, 5) is 0. The summed E-state index contributed by atoms with van der Waals surface area (Å²) < 4.78 is 0. The number of aromatic hydroxyl groups is 1. The van der Waals surface area contributed by atoms with Crippen LogP contribution in [-0.4, -0.2) is 5.11 Å². The quantitative estimate of drug-likeness (QED) is 0.684. The zero-order valence-corrected chi connectivity index (χ0v) is 11.4. The zero-order valence-electron chi connectivity index (χ0n) is 11.4. The largest absolute Gasteiger partial charge is 0.507 e. The Morgan fingerprint density at radius 1 is 0.600 bits per heavy atom. The average molecular weight is 260 g/mol. The van der Waals surface area contributed by atoms with Crippen LogP contribution in [0.3, 0.4) is 0 Å². The van der Waals surface area contributed by atoms with E-state index in [2.05, 4.69) is 31.2 Å². The lowest BCUT2D eigenvalue weighted by atomic mass is 9.92. The molecule has 0 aliphatic carbocycles. The molecule has 0 atom stereocenters. The molecule has 0 bridgehead atoms. The molecular formula is C19H16O. The highest BCUT2D eigenvalue weighted by Gasteiger charge is 2.10. The second-order valence-electron chi connectivity index (χ2n) is 4.86. The Balaban J connectivity index is 2.19. The Kier molecular flexibility index (Phi) is 3.26. The van der Waals surface area contributed by atoms with Crippen LogP contribution in [0.15, 0.2) is 72.8 Å². The van der Waals surface area contributed by atoms with E-state index in [4.69, 9.17) is 0 Å². The summed E-state index contributed by atoms with van der Waals surface area (Å²) in [7, 11) is 0. The third kappa shape index (κ3) is 2.19. The van der Waals surface area contributed by atoms with Crippen LogP contribution in [0.2, 0.25) is 0 Å². The molecule has 0 fully saturated rings. The van der Waals surface area contributed by atoms with Gasteiger partial charge in [-0.3, -0.25) is 0 Å². The second-order valence-corrected chi connectivity index (χ2v) is 4.86. The van der Waals surface area contributed by atoms with Crippen molar-refractivity contribution in [2.24, 2.45) is 0 Å². The molecule has 1 N–H and O–H groups in total. The Labute approximate surface area is 119 Å². The van der Waals surface area contributed by atoms with E-state index in [1.807, 2.05) is 42.5 Å². The van der Waals surface area contributed by atoms with E-state index in [-0.39, 0.29) is 0 Å². The van der Waals surface area contributed by atoms with Crippen LogP contribution in [0.25, 0.3) is 22.3 Å². The number of rotatable bonds is 2. The van der Waals surface area contributed by atoms with Gasteiger partial charge < -0.3 is 5.11 Å². The molecule has 3 aromatic carbocycles. The molecule has 3 rings (SSSR count). The molecule has 0 unspecified atom stereocenters. The first-order valence-electron chi connectivity index (χ1n) is 6.71. The van der Waals surface area contributed by atoms with E-state index in [1.54, 1.807) is 6.07 Å². The fourth-order valence-electron chi connectivity index (χ4n) is 2.56. The van der Waals surface area contributed by atoms with Crippen LogP contribution < -0.4 is 0 Å². The van der Waals surface area contributed by atoms with Crippen LogP contribution in [-0.2, 0) is 0 Å². The van der Waals surface area contributed by atoms with Crippen molar-refractivity contribution in [3.05, 3.63) is 78.4 Å². The van der Waals surface area contributed by atoms with E-state index in [0.717, 1.165) is 11.1 Å². The first-order valence-corrected chi connectivity index (χ1v) is 6.71. The highest BCUT2D eigenvalue weighted by Crippen LogP contribution is 2.35. The van der Waals surface area contributed by atoms with Crippen LogP contribution in [0.4, 0.5) is 0 Å². The number of para-hydroxylation sites is 1. The third-order valence-corrected chi connectivity index (χ3v) is 3.61. The van der Waals surface area contributed by atoms with E-state index in [9.17, 15) is 5.11 Å². The van der Waals surface area contributed by atoms with Gasteiger partial charge in [-0.15, -0.1) is 0 Å². The van der Waals surface area contributed by atoms with E-state index >= 15 is 0 Å². The summed E-state index contributed by atoms with van der Waals surface area (Å²) in [5.41, 5.74) is 5.53. The fraction of sp³-hybridized carbons (Fsp3) is 0.0526. The van der Waals surface area contributed by atoms with Gasteiger partial charge in [0.05, 0.1) is 0 Å². The molecule has 0 aliphatic rings. The summed E-state index contributed by atoms with van der Waals surface area (Å²) in [6.45, 7) is 2.10. The van der Waals surface area contributed by atoms with Crippen LogP contribution in [0.5, 0.6) is 5.75 Å². The van der Waals surface area contributed by atoms with Crippen molar-refractivity contribution in [2.45, 2.75) is 6.92 Å². The van der Waals surface area contributed by atoms with Crippen molar-refractivity contribution < 1.29 is 5.11 Å². The lowest BCUT2D eigenvalue weighted by Gasteiger charge is -2.13. The number of phenols is 1. The summed E-state index contributed by atoms with van der Waals surface area (Å²) in [6.07, 6.45) is 0. The molecule has 0 radical (unpaired) electrons. The maximum atomic E-state index is 10.0. The molecule has 0 aromatic heterocycles. The summed E-state index contributed by atoms with van der Waals surface area (Å²) in [5, 5.41) is 10.0. The number of hydrogen-bond donors (Lipinski definition) is 1. The van der Waals surface area contributed by atoms with Crippen molar-refractivity contribution in [1.82, 2.24) is 0 Å². The maximum Gasteiger partial charge on any atom is 0.123 e. The molecule has 0 amide bonds. The Hall–Kier alpha value is -2.54. The molecule has 0 saturated carbocycles. The Morgan fingerprint density at radius 2 is 1.20 bits per heavy atom. The average Bonchev–Trinajstić information content (AvgIpc) is 2.49. The van der Waals surface area contributed by atoms with E-state index < -0.39 is 0 Å². The minimum Gasteiger partial charge on any atom is -0.507 e. The summed E-state index contributed by atoms with van der Waals surface area (Å²) in [5.74, 6) is 0.320. The first-order chi connectivity index (χ1) is 9.77. The van der Waals surface area contributed by atoms with Gasteiger partial charge in [0.25, 0.3) is 0 Å². The zero-order chi connectivity index (χ0) is 13.9. The van der Waals surface area contributed by atoms with Crippen LogP contribution >= 0.6 is 0 Å². The molecule has 20 heavy (non-hydrogen) atoms. The van der Waals surface area contributed by atoms with Gasteiger partial charge in [-0.05, 0) is 35.2 Å². The third-order valence-electron chi connectivity index (χ3n) is 3.61. The van der Waals surface area contributed by atoms with E-state index in [0.29, 0.717) is 5.75 Å². The number of benzene rings is 3. The van der Waals surface area contributed by atoms with Gasteiger partial charge in [-0.1, -0.05) is 66.7 Å². The van der Waals surface area contributed by atoms with Crippen LogP contribution in [0.1, 0.15) is 5.56 Å². The number of phenolic OH excluding ortho intramolecular Hbond substituents is 1. The van der Waals surface area contributed by atoms with E-state index in [1.165, 1.54) is 16.7 Å². The normalized spacial score (nSPS) is 10.4. The molecular weight excluding hydrogens is 244 g/mol. The van der Waals surface area contributed by atoms with Gasteiger partial charge >= 0.3 is 0 Å². The fourth-order valence-corrected chi connectivity index (χ4v) is 2.56. The monoisotopic (exact) mass is 260 g/mol. The standard InChI is InChI=1S/C19H16O/c1-14-16(15-8-3-2-4-9-15)11-7-12-17(14)18-10-5-6-13-19(18)20/h2-13,20H,1H3. The van der Waals surface area contributed by atoms with Gasteiger partial charge in [0.2, 0.25) is 0 Å². The molecule has 3 aromatic rings. The maximum absolute atomic E-state index is 10.0. The molecule has 0 saturated heterocycles. The molecule has 1 nitrogen and oxygen atoms in total. The Morgan fingerprint density at radius 3 is 1.95 bits per heavy atom. The van der Waals surface area contributed by atoms with Gasteiger partial charge in [-0.2, -0.15) is 0 Å². The molecule has 1 heteroatoms. The van der Waals surface area contributed by atoms with Crippen molar-refractivity contribution >= 4 is 0 Å². The lowest BCUT2D eigenvalue weighted by Crippen LogP contribution is -1.88. The SMILES string of the molecule is Cc1c(-c2ccccc2)cccc1-c1ccccc1O. The van der Waals surface area contributed by atoms with Gasteiger partial charge in [-0.25, -0.2) is 0 Å². The highest BCUT2D eigenvalue weighted by atomic mass is 16.3. The smallest absolute Gasteiger partial charge is 0.123 e. The van der Waals surface area contributed by atoms with Crippen LogP contribution in [0, 0.1) is 6.92 Å². The van der Waals surface area contributed by atoms with Gasteiger partial charge in [0, 0.05) is 5.56 Å². The predicted molar refractivity (Wildman–Crippen MR) is 83.7 cm³/mol. The predicted octanol–water partition coefficient (Wildman–Crippen LogP) is 5.03. The molecule has 0 spiro atoms. The highest BCUT2D eigenvalue weighted by molar-refractivity contribution is 5.80. The number of hydrogen-bond acceptors (Lipinski definition) is 1. The molecule has 98 valence electrons. The van der Waals surface area contributed by atoms with Gasteiger partial charge in [0.15, 0.2) is 0 Å². The van der Waals surface area contributed by atoms with Gasteiger partial charge in [0.1, 0.15) is 5.75 Å². The first kappa shape index (κ1) is 12.5. The molecule has 0 aliphatic heterocycles. The van der Waals surface area contributed by atoms with Crippen molar-refractivity contribution in [1.29, 1.82) is 0 Å². The second kappa shape index (κ2) is 5.22. The lowest BCUT2D eigenvalue weighted by molar-refractivity contribution is 0.477. The van der Waals surface area contributed by atoms with Crippen molar-refractivity contribution in [3.63, 3.8) is 0 Å². The minimum absolute atomic E-state index is 0.320. The van der Waals surface area contributed by atoms with Crippen molar-refractivity contribution in [3.8, 4) is 28.0 Å².